The zero-order chi connectivity index (χ0) is 14.9. The van der Waals surface area contributed by atoms with Gasteiger partial charge >= 0.3 is 0 Å². The second kappa shape index (κ2) is 5.54. The molecule has 1 aromatic carbocycles. The molecule has 0 saturated carbocycles. The Balaban J connectivity index is 1.99. The number of hydrogen-bond donors (Lipinski definition) is 1. The Hall–Kier alpha value is -1.78. The molecule has 2 aromatic rings. The molecule has 2 heterocycles. The molecule has 0 aliphatic carbocycles. The van der Waals surface area contributed by atoms with Crippen molar-refractivity contribution in [2.45, 2.75) is 19.4 Å². The second-order valence-electron chi connectivity index (χ2n) is 6.03. The molecular weight excluding hydrogens is 262 g/mol. The van der Waals surface area contributed by atoms with Crippen molar-refractivity contribution >= 4 is 16.6 Å². The van der Waals surface area contributed by atoms with Crippen LogP contribution in [0.15, 0.2) is 36.7 Å². The SMILES string of the molecule is CC(C)(C(=O)c1cncc2ccccc12)N1CCNCC1. The zero-order valence-electron chi connectivity index (χ0n) is 12.6. The Morgan fingerprint density at radius 1 is 1.19 bits per heavy atom. The number of Topliss-reactive ketones (excluding diaryl/α,β-unsaturated/α-hetero) is 1. The van der Waals surface area contributed by atoms with Gasteiger partial charge in [-0.25, -0.2) is 0 Å². The highest BCUT2D eigenvalue weighted by molar-refractivity contribution is 6.11. The fourth-order valence-corrected chi connectivity index (χ4v) is 2.99. The molecule has 3 rings (SSSR count). The summed E-state index contributed by atoms with van der Waals surface area (Å²) in [4.78, 5) is 19.6. The van der Waals surface area contributed by atoms with Crippen molar-refractivity contribution in [2.75, 3.05) is 26.2 Å². The lowest BCUT2D eigenvalue weighted by atomic mass is 9.89. The second-order valence-corrected chi connectivity index (χ2v) is 6.03. The highest BCUT2D eigenvalue weighted by atomic mass is 16.1. The summed E-state index contributed by atoms with van der Waals surface area (Å²) in [6.07, 6.45) is 3.51. The lowest BCUT2D eigenvalue weighted by Gasteiger charge is -2.40. The number of rotatable bonds is 3. The average Bonchev–Trinajstić information content (AvgIpc) is 2.54. The first kappa shape index (κ1) is 14.2. The molecule has 110 valence electrons. The third-order valence-electron chi connectivity index (χ3n) is 4.38. The Morgan fingerprint density at radius 2 is 1.90 bits per heavy atom. The van der Waals surface area contributed by atoms with E-state index < -0.39 is 5.54 Å². The van der Waals surface area contributed by atoms with Gasteiger partial charge in [0.2, 0.25) is 0 Å². The monoisotopic (exact) mass is 283 g/mol. The van der Waals surface area contributed by atoms with Crippen LogP contribution in [0, 0.1) is 0 Å². The number of ketones is 1. The number of nitrogens with zero attached hydrogens (tertiary/aromatic N) is 2. The van der Waals surface area contributed by atoms with Gasteiger partial charge in [-0.05, 0) is 19.2 Å². The van der Waals surface area contributed by atoms with E-state index in [-0.39, 0.29) is 5.78 Å². The van der Waals surface area contributed by atoms with Gasteiger partial charge in [-0.2, -0.15) is 0 Å². The molecule has 0 bridgehead atoms. The maximum Gasteiger partial charge on any atom is 0.184 e. The Kier molecular flexibility index (Phi) is 3.74. The van der Waals surface area contributed by atoms with Crippen molar-refractivity contribution in [1.29, 1.82) is 0 Å². The highest BCUT2D eigenvalue weighted by Crippen LogP contribution is 2.25. The predicted octanol–water partition coefficient (Wildman–Crippen LogP) is 2.10. The Bertz CT molecular complexity index is 655. The van der Waals surface area contributed by atoms with Crippen LogP contribution in [0.1, 0.15) is 24.2 Å². The van der Waals surface area contributed by atoms with Gasteiger partial charge in [0.1, 0.15) is 0 Å². The maximum atomic E-state index is 13.1. The fourth-order valence-electron chi connectivity index (χ4n) is 2.99. The van der Waals surface area contributed by atoms with Crippen molar-refractivity contribution in [2.24, 2.45) is 0 Å². The number of fused-ring (bicyclic) bond motifs is 1. The molecule has 1 aromatic heterocycles. The van der Waals surface area contributed by atoms with Crippen LogP contribution >= 0.6 is 0 Å². The van der Waals surface area contributed by atoms with Gasteiger partial charge in [0.25, 0.3) is 0 Å². The molecule has 0 amide bonds. The Morgan fingerprint density at radius 3 is 2.67 bits per heavy atom. The van der Waals surface area contributed by atoms with Gasteiger partial charge in [0, 0.05) is 49.5 Å². The Labute approximate surface area is 125 Å². The summed E-state index contributed by atoms with van der Waals surface area (Å²) in [5.41, 5.74) is 0.213. The number of carbonyl (C=O) groups excluding carboxylic acids is 1. The van der Waals surface area contributed by atoms with Gasteiger partial charge in [0.05, 0.1) is 5.54 Å². The molecule has 0 radical (unpaired) electrons. The molecule has 0 atom stereocenters. The minimum absolute atomic E-state index is 0.147. The van der Waals surface area contributed by atoms with Crippen LogP contribution in [0.5, 0.6) is 0 Å². The largest absolute Gasteiger partial charge is 0.314 e. The van der Waals surface area contributed by atoms with E-state index in [1.165, 1.54) is 0 Å². The molecule has 0 unspecified atom stereocenters. The first-order valence-electron chi connectivity index (χ1n) is 7.44. The molecule has 21 heavy (non-hydrogen) atoms. The van der Waals surface area contributed by atoms with E-state index in [4.69, 9.17) is 0 Å². The lowest BCUT2D eigenvalue weighted by Crippen LogP contribution is -2.57. The zero-order valence-corrected chi connectivity index (χ0v) is 12.6. The summed E-state index contributed by atoms with van der Waals surface area (Å²) < 4.78 is 0. The lowest BCUT2D eigenvalue weighted by molar-refractivity contribution is 0.0604. The number of piperazine rings is 1. The number of benzene rings is 1. The van der Waals surface area contributed by atoms with Crippen LogP contribution in [0.2, 0.25) is 0 Å². The molecule has 4 heteroatoms. The van der Waals surface area contributed by atoms with Gasteiger partial charge in [-0.1, -0.05) is 24.3 Å². The van der Waals surface area contributed by atoms with Crippen LogP contribution in [0.3, 0.4) is 0 Å². The third kappa shape index (κ3) is 2.57. The van der Waals surface area contributed by atoms with Crippen LogP contribution in [0.25, 0.3) is 10.8 Å². The molecule has 1 fully saturated rings. The smallest absolute Gasteiger partial charge is 0.184 e. The molecule has 1 aliphatic rings. The molecule has 0 spiro atoms. The molecule has 1 N–H and O–H groups in total. The normalized spacial score (nSPS) is 17.0. The van der Waals surface area contributed by atoms with Crippen molar-refractivity contribution in [3.8, 4) is 0 Å². The first-order valence-corrected chi connectivity index (χ1v) is 7.44. The van der Waals surface area contributed by atoms with E-state index in [0.29, 0.717) is 0 Å². The first-order chi connectivity index (χ1) is 10.1. The summed E-state index contributed by atoms with van der Waals surface area (Å²) >= 11 is 0. The van der Waals surface area contributed by atoms with E-state index in [2.05, 4.69) is 15.2 Å². The van der Waals surface area contributed by atoms with Crippen molar-refractivity contribution in [3.05, 3.63) is 42.2 Å². The van der Waals surface area contributed by atoms with E-state index in [1.807, 2.05) is 44.3 Å². The number of carbonyl (C=O) groups is 1. The number of aromatic nitrogens is 1. The van der Waals surface area contributed by atoms with Crippen LogP contribution in [0.4, 0.5) is 0 Å². The molecule has 1 saturated heterocycles. The molecule has 4 nitrogen and oxygen atoms in total. The summed E-state index contributed by atoms with van der Waals surface area (Å²) in [6, 6.07) is 7.94. The average molecular weight is 283 g/mol. The van der Waals surface area contributed by atoms with Crippen molar-refractivity contribution in [3.63, 3.8) is 0 Å². The summed E-state index contributed by atoms with van der Waals surface area (Å²) in [7, 11) is 0. The summed E-state index contributed by atoms with van der Waals surface area (Å²) in [5, 5.41) is 5.33. The van der Waals surface area contributed by atoms with E-state index in [9.17, 15) is 4.79 Å². The van der Waals surface area contributed by atoms with Gasteiger partial charge < -0.3 is 5.32 Å². The third-order valence-corrected chi connectivity index (χ3v) is 4.38. The van der Waals surface area contributed by atoms with E-state index in [1.54, 1.807) is 6.20 Å². The summed E-state index contributed by atoms with van der Waals surface area (Å²) in [6.45, 7) is 7.70. The van der Waals surface area contributed by atoms with Crippen molar-refractivity contribution < 1.29 is 4.79 Å². The molecular formula is C17H21N3O. The maximum absolute atomic E-state index is 13.1. The van der Waals surface area contributed by atoms with Crippen LogP contribution in [-0.4, -0.2) is 47.4 Å². The molecule has 1 aliphatic heterocycles. The summed E-state index contributed by atoms with van der Waals surface area (Å²) in [5.74, 6) is 0.147. The fraction of sp³-hybridized carbons (Fsp3) is 0.412. The van der Waals surface area contributed by atoms with Crippen LogP contribution < -0.4 is 5.32 Å². The number of hydrogen-bond acceptors (Lipinski definition) is 4. The number of pyridine rings is 1. The van der Waals surface area contributed by atoms with E-state index >= 15 is 0 Å². The van der Waals surface area contributed by atoms with Gasteiger partial charge in [-0.3, -0.25) is 14.7 Å². The van der Waals surface area contributed by atoms with Gasteiger partial charge in [-0.15, -0.1) is 0 Å². The quantitative estimate of drug-likeness (QED) is 0.876. The number of nitrogens with one attached hydrogen (secondary N) is 1. The topological polar surface area (TPSA) is 45.2 Å². The van der Waals surface area contributed by atoms with Crippen LogP contribution in [-0.2, 0) is 0 Å². The highest BCUT2D eigenvalue weighted by Gasteiger charge is 2.36. The minimum Gasteiger partial charge on any atom is -0.314 e. The van der Waals surface area contributed by atoms with Crippen molar-refractivity contribution in [1.82, 2.24) is 15.2 Å². The van der Waals surface area contributed by atoms with E-state index in [0.717, 1.165) is 42.5 Å². The van der Waals surface area contributed by atoms with Gasteiger partial charge in [0.15, 0.2) is 5.78 Å². The standard InChI is InChI=1S/C17H21N3O/c1-17(2,20-9-7-18-8-10-20)16(21)15-12-19-11-13-5-3-4-6-14(13)15/h3-6,11-12,18H,7-10H2,1-2H3. The predicted molar refractivity (Wildman–Crippen MR) is 84.6 cm³/mol. The minimum atomic E-state index is -0.506.